The third kappa shape index (κ3) is 6.99. The smallest absolute Gasteiger partial charge is 0.193 e. The molecule has 2 aromatic rings. The Kier molecular flexibility index (Phi) is 9.92. The molecule has 0 bridgehead atoms. The first kappa shape index (κ1) is 25.1. The highest BCUT2D eigenvalue weighted by molar-refractivity contribution is 14.0. The number of guanidine groups is 1. The second-order valence-electron chi connectivity index (χ2n) is 8.44. The fourth-order valence-corrected chi connectivity index (χ4v) is 5.23. The van der Waals surface area contributed by atoms with Crippen molar-refractivity contribution in [3.8, 4) is 0 Å². The Balaban J connectivity index is 0.00000289. The average molecular weight is 567 g/mol. The van der Waals surface area contributed by atoms with Gasteiger partial charge >= 0.3 is 0 Å². The zero-order valence-electron chi connectivity index (χ0n) is 19.1. The second kappa shape index (κ2) is 12.6. The summed E-state index contributed by atoms with van der Waals surface area (Å²) in [6.45, 7) is 7.18. The summed E-state index contributed by atoms with van der Waals surface area (Å²) in [7, 11) is 4.07. The third-order valence-electron chi connectivity index (χ3n) is 6.11. The number of anilines is 1. The zero-order chi connectivity index (χ0) is 21.5. The van der Waals surface area contributed by atoms with E-state index in [0.717, 1.165) is 63.3 Å². The van der Waals surface area contributed by atoms with Gasteiger partial charge in [-0.2, -0.15) is 0 Å². The number of benzene rings is 1. The summed E-state index contributed by atoms with van der Waals surface area (Å²) in [5.74, 6) is 3.95. The first-order valence-corrected chi connectivity index (χ1v) is 12.2. The molecule has 0 saturated carbocycles. The van der Waals surface area contributed by atoms with E-state index in [4.69, 9.17) is 0 Å². The molecular formula is C24H35IN6S. The van der Waals surface area contributed by atoms with Crippen molar-refractivity contribution >= 4 is 47.5 Å². The number of rotatable bonds is 6. The van der Waals surface area contributed by atoms with Crippen molar-refractivity contribution in [3.63, 3.8) is 0 Å². The molecule has 0 aliphatic carbocycles. The summed E-state index contributed by atoms with van der Waals surface area (Å²) in [6, 6.07) is 15.0. The summed E-state index contributed by atoms with van der Waals surface area (Å²) in [4.78, 5) is 17.7. The van der Waals surface area contributed by atoms with Crippen LogP contribution >= 0.6 is 35.7 Å². The molecule has 1 atom stereocenters. The van der Waals surface area contributed by atoms with Gasteiger partial charge in [-0.15, -0.1) is 35.7 Å². The number of nitrogens with zero attached hydrogens (tertiary/aromatic N) is 5. The van der Waals surface area contributed by atoms with E-state index in [9.17, 15) is 0 Å². The highest BCUT2D eigenvalue weighted by atomic mass is 127. The Morgan fingerprint density at radius 3 is 2.66 bits per heavy atom. The van der Waals surface area contributed by atoms with Crippen molar-refractivity contribution in [1.29, 1.82) is 0 Å². The van der Waals surface area contributed by atoms with Crippen LogP contribution in [0, 0.1) is 5.92 Å². The topological polar surface area (TPSA) is 47.0 Å². The number of likely N-dealkylation sites (tertiary alicyclic amines) is 1. The van der Waals surface area contributed by atoms with Crippen LogP contribution in [0.15, 0.2) is 58.5 Å². The molecule has 2 saturated heterocycles. The zero-order valence-corrected chi connectivity index (χ0v) is 22.3. The molecule has 1 N–H and O–H groups in total. The Morgan fingerprint density at radius 2 is 1.91 bits per heavy atom. The molecule has 1 aromatic carbocycles. The average Bonchev–Trinajstić information content (AvgIpc) is 3.28. The standard InChI is InChI=1S/C24H34N6S.HI/c1-25-24(30-11-9-21(18-30)19-31-22-6-4-3-5-7-22)27-17-20-8-10-26-23(16-20)29-14-12-28(2)13-15-29;/h3-8,10,16,21H,9,11-15,17-19H2,1-2H3,(H,25,27);1H. The van der Waals surface area contributed by atoms with Crippen LogP contribution in [0.1, 0.15) is 12.0 Å². The number of piperazine rings is 1. The fraction of sp³-hybridized carbons (Fsp3) is 0.500. The molecule has 32 heavy (non-hydrogen) atoms. The van der Waals surface area contributed by atoms with Gasteiger partial charge in [0.1, 0.15) is 5.82 Å². The van der Waals surface area contributed by atoms with E-state index in [0.29, 0.717) is 5.92 Å². The summed E-state index contributed by atoms with van der Waals surface area (Å²) in [5, 5.41) is 3.57. The molecule has 4 rings (SSSR count). The Labute approximate surface area is 213 Å². The minimum absolute atomic E-state index is 0. The van der Waals surface area contributed by atoms with Crippen molar-refractivity contribution in [3.05, 3.63) is 54.2 Å². The van der Waals surface area contributed by atoms with Gasteiger partial charge in [-0.1, -0.05) is 18.2 Å². The van der Waals surface area contributed by atoms with Crippen LogP contribution < -0.4 is 10.2 Å². The van der Waals surface area contributed by atoms with Gasteiger partial charge in [0.05, 0.1) is 0 Å². The van der Waals surface area contributed by atoms with Crippen LogP contribution in [-0.2, 0) is 6.54 Å². The minimum Gasteiger partial charge on any atom is -0.354 e. The maximum Gasteiger partial charge on any atom is 0.193 e. The largest absolute Gasteiger partial charge is 0.354 e. The molecule has 1 aromatic heterocycles. The van der Waals surface area contributed by atoms with Crippen LogP contribution in [0.25, 0.3) is 0 Å². The van der Waals surface area contributed by atoms with E-state index in [1.165, 1.54) is 16.9 Å². The van der Waals surface area contributed by atoms with E-state index in [2.05, 4.69) is 79.5 Å². The first-order valence-electron chi connectivity index (χ1n) is 11.2. The number of hydrogen-bond donors (Lipinski definition) is 1. The molecule has 174 valence electrons. The third-order valence-corrected chi connectivity index (χ3v) is 7.36. The summed E-state index contributed by atoms with van der Waals surface area (Å²) in [6.07, 6.45) is 3.16. The van der Waals surface area contributed by atoms with Crippen LogP contribution in [0.5, 0.6) is 0 Å². The van der Waals surface area contributed by atoms with Gasteiger partial charge in [-0.05, 0) is 49.2 Å². The van der Waals surface area contributed by atoms with Crippen molar-refractivity contribution < 1.29 is 0 Å². The lowest BCUT2D eigenvalue weighted by molar-refractivity contribution is 0.312. The monoisotopic (exact) mass is 566 g/mol. The lowest BCUT2D eigenvalue weighted by Gasteiger charge is -2.33. The van der Waals surface area contributed by atoms with Gasteiger partial charge < -0.3 is 20.0 Å². The number of thioether (sulfide) groups is 1. The van der Waals surface area contributed by atoms with E-state index in [1.807, 2.05) is 25.0 Å². The quantitative estimate of drug-likeness (QED) is 0.250. The lowest BCUT2D eigenvalue weighted by atomic mass is 10.2. The van der Waals surface area contributed by atoms with Crippen molar-refractivity contribution in [2.24, 2.45) is 10.9 Å². The Hall–Kier alpha value is -1.52. The van der Waals surface area contributed by atoms with Gasteiger partial charge in [0.25, 0.3) is 0 Å². The maximum absolute atomic E-state index is 4.60. The number of aliphatic imine (C=N–C) groups is 1. The van der Waals surface area contributed by atoms with Gasteiger partial charge in [0.15, 0.2) is 5.96 Å². The van der Waals surface area contributed by atoms with E-state index >= 15 is 0 Å². The van der Waals surface area contributed by atoms with Gasteiger partial charge in [0, 0.05) is 69.7 Å². The molecule has 1 unspecified atom stereocenters. The molecular weight excluding hydrogens is 531 g/mol. The van der Waals surface area contributed by atoms with Crippen molar-refractivity contribution in [1.82, 2.24) is 20.1 Å². The molecule has 0 spiro atoms. The summed E-state index contributed by atoms with van der Waals surface area (Å²) in [5.41, 5.74) is 1.25. The summed E-state index contributed by atoms with van der Waals surface area (Å²) >= 11 is 1.96. The van der Waals surface area contributed by atoms with Crippen LogP contribution in [0.2, 0.25) is 0 Å². The molecule has 3 heterocycles. The van der Waals surface area contributed by atoms with E-state index in [-0.39, 0.29) is 24.0 Å². The number of pyridine rings is 1. The van der Waals surface area contributed by atoms with Crippen LogP contribution in [0.3, 0.4) is 0 Å². The highest BCUT2D eigenvalue weighted by Gasteiger charge is 2.25. The number of halogens is 1. The van der Waals surface area contributed by atoms with Crippen LogP contribution in [0.4, 0.5) is 5.82 Å². The predicted molar refractivity (Wildman–Crippen MR) is 146 cm³/mol. The minimum atomic E-state index is 0. The molecule has 2 aliphatic heterocycles. The molecule has 0 amide bonds. The number of nitrogens with one attached hydrogen (secondary N) is 1. The number of hydrogen-bond acceptors (Lipinski definition) is 5. The van der Waals surface area contributed by atoms with Gasteiger partial charge in [-0.25, -0.2) is 4.98 Å². The van der Waals surface area contributed by atoms with Crippen molar-refractivity contribution in [2.75, 3.05) is 64.0 Å². The van der Waals surface area contributed by atoms with E-state index < -0.39 is 0 Å². The number of likely N-dealkylation sites (N-methyl/N-ethyl adjacent to an activating group) is 1. The molecule has 0 radical (unpaired) electrons. The lowest BCUT2D eigenvalue weighted by Crippen LogP contribution is -2.44. The molecule has 2 fully saturated rings. The molecule has 6 nitrogen and oxygen atoms in total. The Bertz CT molecular complexity index is 857. The van der Waals surface area contributed by atoms with Gasteiger partial charge in [0.2, 0.25) is 0 Å². The molecule has 8 heteroatoms. The SMILES string of the molecule is CN=C(NCc1ccnc(N2CCN(C)CC2)c1)N1CCC(CSc2ccccc2)C1.I. The highest BCUT2D eigenvalue weighted by Crippen LogP contribution is 2.26. The first-order chi connectivity index (χ1) is 15.2. The van der Waals surface area contributed by atoms with Crippen LogP contribution in [-0.4, -0.2) is 79.9 Å². The normalized spacial score (nSPS) is 19.7. The maximum atomic E-state index is 4.60. The van der Waals surface area contributed by atoms with Crippen molar-refractivity contribution in [2.45, 2.75) is 17.9 Å². The van der Waals surface area contributed by atoms with E-state index in [1.54, 1.807) is 0 Å². The fourth-order valence-electron chi connectivity index (χ4n) is 4.18. The predicted octanol–water partition coefficient (Wildman–Crippen LogP) is 3.64. The summed E-state index contributed by atoms with van der Waals surface area (Å²) < 4.78 is 0. The molecule has 2 aliphatic rings. The second-order valence-corrected chi connectivity index (χ2v) is 9.53. The Morgan fingerprint density at radius 1 is 1.12 bits per heavy atom. The number of aromatic nitrogens is 1. The van der Waals surface area contributed by atoms with Gasteiger partial charge in [-0.3, -0.25) is 4.99 Å².